The number of hydrogen-bond acceptors (Lipinski definition) is 4. The van der Waals surface area contributed by atoms with E-state index in [1.807, 2.05) is 35.6 Å². The lowest BCUT2D eigenvalue weighted by Crippen LogP contribution is -2.10. The molecule has 106 valence electrons. The van der Waals surface area contributed by atoms with Gasteiger partial charge in [0.2, 0.25) is 0 Å². The number of ether oxygens (including phenoxy) is 2. The van der Waals surface area contributed by atoms with E-state index in [1.165, 1.54) is 0 Å². The van der Waals surface area contributed by atoms with Gasteiger partial charge in [-0.2, -0.15) is 5.26 Å². The fourth-order valence-electron chi connectivity index (χ4n) is 1.72. The highest BCUT2D eigenvalue weighted by Gasteiger charge is 2.17. The van der Waals surface area contributed by atoms with Crippen molar-refractivity contribution in [2.75, 3.05) is 6.61 Å². The highest BCUT2D eigenvalue weighted by molar-refractivity contribution is 14.1. The first-order chi connectivity index (χ1) is 10.2. The van der Waals surface area contributed by atoms with Crippen LogP contribution >= 0.6 is 22.6 Å². The van der Waals surface area contributed by atoms with Gasteiger partial charge < -0.3 is 9.47 Å². The number of rotatable bonds is 4. The van der Waals surface area contributed by atoms with Crippen LogP contribution < -0.4 is 9.47 Å². The average molecular weight is 393 g/mol. The Balaban J connectivity index is 2.35. The van der Waals surface area contributed by atoms with Gasteiger partial charge in [0.05, 0.1) is 27.4 Å². The van der Waals surface area contributed by atoms with E-state index in [0.717, 1.165) is 0 Å². The zero-order chi connectivity index (χ0) is 15.2. The monoisotopic (exact) mass is 393 g/mol. The Morgan fingerprint density at radius 2 is 2.00 bits per heavy atom. The van der Waals surface area contributed by atoms with Gasteiger partial charge in [-0.15, -0.1) is 0 Å². The molecular weight excluding hydrogens is 381 g/mol. The first-order valence-electron chi connectivity index (χ1n) is 6.29. The Hall–Kier alpha value is -2.07. The van der Waals surface area contributed by atoms with Gasteiger partial charge in [0, 0.05) is 6.07 Å². The van der Waals surface area contributed by atoms with Crippen LogP contribution in [0.15, 0.2) is 42.5 Å². The van der Waals surface area contributed by atoms with Crippen molar-refractivity contribution in [3.8, 4) is 17.6 Å². The Morgan fingerprint density at radius 3 is 2.62 bits per heavy atom. The minimum Gasteiger partial charge on any atom is -0.490 e. The van der Waals surface area contributed by atoms with Crippen LogP contribution in [0.1, 0.15) is 22.8 Å². The minimum atomic E-state index is -0.459. The number of carbonyl (C=O) groups excluding carboxylic acids is 1. The zero-order valence-electron chi connectivity index (χ0n) is 11.3. The average Bonchev–Trinajstić information content (AvgIpc) is 2.51. The van der Waals surface area contributed by atoms with Gasteiger partial charge in [0.15, 0.2) is 11.5 Å². The molecule has 0 spiro atoms. The van der Waals surface area contributed by atoms with E-state index in [9.17, 15) is 4.79 Å². The summed E-state index contributed by atoms with van der Waals surface area (Å²) < 4.78 is 11.5. The van der Waals surface area contributed by atoms with Crippen molar-refractivity contribution in [1.29, 1.82) is 5.26 Å². The van der Waals surface area contributed by atoms with Crippen molar-refractivity contribution < 1.29 is 14.3 Å². The van der Waals surface area contributed by atoms with Gasteiger partial charge in [0.25, 0.3) is 0 Å². The van der Waals surface area contributed by atoms with E-state index >= 15 is 0 Å². The predicted molar refractivity (Wildman–Crippen MR) is 86.4 cm³/mol. The molecule has 0 heterocycles. The minimum absolute atomic E-state index is 0.338. The third kappa shape index (κ3) is 3.73. The first-order valence-corrected chi connectivity index (χ1v) is 7.37. The van der Waals surface area contributed by atoms with Gasteiger partial charge in [-0.05, 0) is 47.7 Å². The van der Waals surface area contributed by atoms with Crippen molar-refractivity contribution in [3.63, 3.8) is 0 Å². The molecule has 2 aromatic carbocycles. The van der Waals surface area contributed by atoms with E-state index in [1.54, 1.807) is 36.4 Å². The maximum absolute atomic E-state index is 12.1. The van der Waals surface area contributed by atoms with E-state index in [4.69, 9.17) is 14.7 Å². The summed E-state index contributed by atoms with van der Waals surface area (Å²) in [4.78, 5) is 12.1. The number of nitriles is 1. The second kappa shape index (κ2) is 7.09. The van der Waals surface area contributed by atoms with Crippen LogP contribution in [0.2, 0.25) is 0 Å². The smallest absolute Gasteiger partial charge is 0.343 e. The second-order valence-electron chi connectivity index (χ2n) is 4.09. The summed E-state index contributed by atoms with van der Waals surface area (Å²) in [5, 5.41) is 8.99. The highest BCUT2D eigenvalue weighted by atomic mass is 127. The van der Waals surface area contributed by atoms with Gasteiger partial charge in [-0.1, -0.05) is 18.2 Å². The van der Waals surface area contributed by atoms with Crippen molar-refractivity contribution in [3.05, 3.63) is 57.2 Å². The highest BCUT2D eigenvalue weighted by Crippen LogP contribution is 2.34. The quantitative estimate of drug-likeness (QED) is 0.451. The van der Waals surface area contributed by atoms with Crippen molar-refractivity contribution in [2.45, 2.75) is 6.92 Å². The molecule has 0 radical (unpaired) electrons. The molecule has 21 heavy (non-hydrogen) atoms. The molecule has 0 N–H and O–H groups in total. The number of hydrogen-bond donors (Lipinski definition) is 0. The van der Waals surface area contributed by atoms with E-state index in [2.05, 4.69) is 6.07 Å². The van der Waals surface area contributed by atoms with E-state index in [-0.39, 0.29) is 0 Å². The van der Waals surface area contributed by atoms with Crippen LogP contribution in [-0.4, -0.2) is 12.6 Å². The van der Waals surface area contributed by atoms with Crippen molar-refractivity contribution in [2.24, 2.45) is 0 Å². The summed E-state index contributed by atoms with van der Waals surface area (Å²) in [6.07, 6.45) is 0. The van der Waals surface area contributed by atoms with Crippen LogP contribution in [0.3, 0.4) is 0 Å². The zero-order valence-corrected chi connectivity index (χ0v) is 13.5. The summed E-state index contributed by atoms with van der Waals surface area (Å²) in [5.41, 5.74) is 0.919. The van der Waals surface area contributed by atoms with Gasteiger partial charge in [-0.25, -0.2) is 4.79 Å². The third-order valence-electron chi connectivity index (χ3n) is 2.64. The molecule has 0 amide bonds. The molecule has 0 aliphatic heterocycles. The maximum Gasteiger partial charge on any atom is 0.343 e. The number of halogens is 1. The summed E-state index contributed by atoms with van der Waals surface area (Å²) in [6.45, 7) is 2.25. The van der Waals surface area contributed by atoms with Gasteiger partial charge in [-0.3, -0.25) is 0 Å². The molecule has 2 aromatic rings. The summed E-state index contributed by atoms with van der Waals surface area (Å²) in [7, 11) is 0. The Kier molecular flexibility index (Phi) is 5.17. The molecule has 0 aromatic heterocycles. The predicted octanol–water partition coefficient (Wildman–Crippen LogP) is 3.78. The lowest BCUT2D eigenvalue weighted by molar-refractivity contribution is 0.0727. The standard InChI is InChI=1S/C16H12INO3/c1-2-20-14-9-11(10-18)8-13(17)15(14)21-16(19)12-6-4-3-5-7-12/h3-9H,2H2,1H3. The van der Waals surface area contributed by atoms with Crippen LogP contribution in [0.5, 0.6) is 11.5 Å². The van der Waals surface area contributed by atoms with Crippen LogP contribution in [0.4, 0.5) is 0 Å². The number of benzene rings is 2. The number of esters is 1. The molecule has 4 nitrogen and oxygen atoms in total. The fraction of sp³-hybridized carbons (Fsp3) is 0.125. The topological polar surface area (TPSA) is 59.3 Å². The molecule has 0 saturated carbocycles. The second-order valence-corrected chi connectivity index (χ2v) is 5.25. The normalized spacial score (nSPS) is 9.76. The van der Waals surface area contributed by atoms with Crippen molar-refractivity contribution >= 4 is 28.6 Å². The fourth-order valence-corrected chi connectivity index (χ4v) is 2.43. The number of nitrogens with zero attached hydrogens (tertiary/aromatic N) is 1. The van der Waals surface area contributed by atoms with Crippen LogP contribution in [0, 0.1) is 14.9 Å². The largest absolute Gasteiger partial charge is 0.490 e. The Bertz CT molecular complexity index is 693. The molecule has 2 rings (SSSR count). The first kappa shape index (κ1) is 15.3. The lowest BCUT2D eigenvalue weighted by Gasteiger charge is -2.12. The molecule has 0 unspecified atom stereocenters. The third-order valence-corrected chi connectivity index (χ3v) is 3.44. The lowest BCUT2D eigenvalue weighted by atomic mass is 10.2. The van der Waals surface area contributed by atoms with Crippen molar-refractivity contribution in [1.82, 2.24) is 0 Å². The Morgan fingerprint density at radius 1 is 1.29 bits per heavy atom. The van der Waals surface area contributed by atoms with Gasteiger partial charge >= 0.3 is 5.97 Å². The molecule has 0 saturated heterocycles. The van der Waals surface area contributed by atoms with E-state index in [0.29, 0.717) is 32.8 Å². The van der Waals surface area contributed by atoms with Crippen LogP contribution in [-0.2, 0) is 0 Å². The van der Waals surface area contributed by atoms with Gasteiger partial charge in [0.1, 0.15) is 0 Å². The summed E-state index contributed by atoms with van der Waals surface area (Å²) >= 11 is 2.02. The molecule has 0 bridgehead atoms. The number of carbonyl (C=O) groups is 1. The SMILES string of the molecule is CCOc1cc(C#N)cc(I)c1OC(=O)c1ccccc1. The molecule has 0 fully saturated rings. The molecular formula is C16H12INO3. The molecule has 0 atom stereocenters. The summed E-state index contributed by atoms with van der Waals surface area (Å²) in [6, 6.07) is 14.0. The summed E-state index contributed by atoms with van der Waals surface area (Å²) in [5.74, 6) is 0.273. The van der Waals surface area contributed by atoms with E-state index < -0.39 is 5.97 Å². The van der Waals surface area contributed by atoms with Crippen LogP contribution in [0.25, 0.3) is 0 Å². The molecule has 5 heteroatoms. The molecule has 0 aliphatic rings. The molecule has 0 aliphatic carbocycles. The Labute approximate surface area is 136 Å². The maximum atomic E-state index is 12.1.